The van der Waals surface area contributed by atoms with E-state index in [1.54, 1.807) is 24.5 Å². The molecule has 1 atom stereocenters. The van der Waals surface area contributed by atoms with Gasteiger partial charge in [0.25, 0.3) is 0 Å². The molecule has 0 saturated heterocycles. The van der Waals surface area contributed by atoms with E-state index in [9.17, 15) is 17.6 Å². The fourth-order valence-corrected chi connectivity index (χ4v) is 3.72. The van der Waals surface area contributed by atoms with Crippen LogP contribution in [0, 0.1) is 11.2 Å². The van der Waals surface area contributed by atoms with Crippen LogP contribution in [0.4, 0.5) is 17.6 Å². The molecule has 0 aliphatic rings. The zero-order valence-corrected chi connectivity index (χ0v) is 18.1. The number of nitrogens with zero attached hydrogens (tertiary/aromatic N) is 3. The van der Waals surface area contributed by atoms with E-state index >= 15 is 0 Å². The average molecular weight is 449 g/mol. The van der Waals surface area contributed by atoms with Gasteiger partial charge in [-0.2, -0.15) is 0 Å². The number of rotatable bonds is 6. The lowest BCUT2D eigenvalue weighted by Crippen LogP contribution is -2.44. The summed E-state index contributed by atoms with van der Waals surface area (Å²) in [5.41, 5.74) is 0.347. The summed E-state index contributed by atoms with van der Waals surface area (Å²) in [5, 5.41) is 0. The Morgan fingerprint density at radius 3 is 2.12 bits per heavy atom. The lowest BCUT2D eigenvalue weighted by molar-refractivity contribution is -0.274. The Morgan fingerprint density at radius 2 is 1.62 bits per heavy atom. The predicted molar refractivity (Wildman–Crippen MR) is 110 cm³/mol. The van der Waals surface area contributed by atoms with Gasteiger partial charge in [0.2, 0.25) is 0 Å². The van der Waals surface area contributed by atoms with E-state index in [1.807, 2.05) is 27.7 Å². The van der Waals surface area contributed by atoms with Crippen LogP contribution in [0.1, 0.15) is 39.0 Å². The number of hydrogen-bond donors (Lipinski definition) is 0. The van der Waals surface area contributed by atoms with Crippen LogP contribution in [0.25, 0.3) is 11.1 Å². The maximum Gasteiger partial charge on any atom is 0.573 e. The van der Waals surface area contributed by atoms with Crippen molar-refractivity contribution < 1.29 is 27.0 Å². The molecule has 5 nitrogen and oxygen atoms in total. The van der Waals surface area contributed by atoms with Crippen molar-refractivity contribution >= 4 is 0 Å². The van der Waals surface area contributed by atoms with E-state index in [-0.39, 0.29) is 5.56 Å². The molecule has 2 heterocycles. The lowest BCUT2D eigenvalue weighted by Gasteiger charge is -2.44. The number of halogens is 4. The molecule has 0 spiro atoms. The molecule has 0 radical (unpaired) electrons. The third-order valence-electron chi connectivity index (χ3n) is 4.99. The minimum absolute atomic E-state index is 0.0967. The van der Waals surface area contributed by atoms with Crippen molar-refractivity contribution in [1.29, 1.82) is 0 Å². The predicted octanol–water partition coefficient (Wildman–Crippen LogP) is 5.90. The zero-order valence-electron chi connectivity index (χ0n) is 18.1. The first-order valence-corrected chi connectivity index (χ1v) is 9.89. The van der Waals surface area contributed by atoms with Gasteiger partial charge in [-0.15, -0.1) is 13.2 Å². The van der Waals surface area contributed by atoms with Gasteiger partial charge in [0.15, 0.2) is 0 Å². The van der Waals surface area contributed by atoms with Crippen molar-refractivity contribution in [2.45, 2.75) is 39.7 Å². The smallest absolute Gasteiger partial charge is 0.406 e. The Labute approximate surface area is 183 Å². The molecular weight excluding hydrogens is 426 g/mol. The van der Waals surface area contributed by atoms with Gasteiger partial charge >= 0.3 is 6.36 Å². The SMILES string of the molecule is CCOC(c1cncnc1)(c1ccc(-c2ccc(OC(F)(F)F)cc2F)cn1)C(C)(C)C. The van der Waals surface area contributed by atoms with Crippen molar-refractivity contribution in [1.82, 2.24) is 15.0 Å². The van der Waals surface area contributed by atoms with Crippen LogP contribution in [0.2, 0.25) is 0 Å². The van der Waals surface area contributed by atoms with Gasteiger partial charge in [0.1, 0.15) is 23.5 Å². The highest BCUT2D eigenvalue weighted by Crippen LogP contribution is 2.47. The molecule has 3 rings (SSSR count). The average Bonchev–Trinajstić information content (AvgIpc) is 2.71. The molecule has 0 bridgehead atoms. The zero-order chi connectivity index (χ0) is 23.6. The Kier molecular flexibility index (Phi) is 6.50. The van der Waals surface area contributed by atoms with Crippen LogP contribution in [0.15, 0.2) is 55.2 Å². The second-order valence-electron chi connectivity index (χ2n) is 8.11. The highest BCUT2D eigenvalue weighted by atomic mass is 19.4. The third-order valence-corrected chi connectivity index (χ3v) is 4.99. The van der Waals surface area contributed by atoms with Crippen molar-refractivity contribution in [3.63, 3.8) is 0 Å². The summed E-state index contributed by atoms with van der Waals surface area (Å²) in [6, 6.07) is 6.33. The molecule has 1 unspecified atom stereocenters. The number of hydrogen-bond acceptors (Lipinski definition) is 5. The summed E-state index contributed by atoms with van der Waals surface area (Å²) in [7, 11) is 0. The quantitative estimate of drug-likeness (QED) is 0.439. The normalized spacial score (nSPS) is 14.1. The third kappa shape index (κ3) is 4.72. The lowest BCUT2D eigenvalue weighted by atomic mass is 9.70. The van der Waals surface area contributed by atoms with Crippen LogP contribution in [-0.2, 0) is 10.3 Å². The summed E-state index contributed by atoms with van der Waals surface area (Å²) >= 11 is 0. The molecule has 0 fully saturated rings. The van der Waals surface area contributed by atoms with Gasteiger partial charge in [0, 0.05) is 53.4 Å². The molecular formula is C23H23F4N3O2. The summed E-state index contributed by atoms with van der Waals surface area (Å²) in [6.07, 6.45) is 1.33. The molecule has 1 aromatic carbocycles. The largest absolute Gasteiger partial charge is 0.573 e. The maximum absolute atomic E-state index is 14.5. The monoisotopic (exact) mass is 449 g/mol. The van der Waals surface area contributed by atoms with Crippen LogP contribution >= 0.6 is 0 Å². The highest BCUT2D eigenvalue weighted by molar-refractivity contribution is 5.64. The van der Waals surface area contributed by atoms with E-state index in [0.29, 0.717) is 23.9 Å². The van der Waals surface area contributed by atoms with Gasteiger partial charge in [-0.1, -0.05) is 26.8 Å². The number of alkyl halides is 3. The van der Waals surface area contributed by atoms with Crippen molar-refractivity contribution in [2.75, 3.05) is 6.61 Å². The molecule has 0 aliphatic heterocycles. The molecule has 9 heteroatoms. The first-order valence-electron chi connectivity index (χ1n) is 9.89. The van der Waals surface area contributed by atoms with Crippen LogP contribution in [0.5, 0.6) is 5.75 Å². The van der Waals surface area contributed by atoms with Crippen LogP contribution in [-0.4, -0.2) is 27.9 Å². The van der Waals surface area contributed by atoms with E-state index in [0.717, 1.165) is 11.6 Å². The van der Waals surface area contributed by atoms with E-state index in [4.69, 9.17) is 4.74 Å². The Morgan fingerprint density at radius 1 is 0.938 bits per heavy atom. The molecule has 0 saturated carbocycles. The summed E-state index contributed by atoms with van der Waals surface area (Å²) < 4.78 is 61.7. The van der Waals surface area contributed by atoms with Gasteiger partial charge < -0.3 is 9.47 Å². The first kappa shape index (κ1) is 23.6. The number of pyridine rings is 1. The second kappa shape index (κ2) is 8.82. The minimum atomic E-state index is -4.89. The molecule has 3 aromatic rings. The number of benzene rings is 1. The topological polar surface area (TPSA) is 57.1 Å². The van der Waals surface area contributed by atoms with Crippen LogP contribution in [0.3, 0.4) is 0 Å². The summed E-state index contributed by atoms with van der Waals surface area (Å²) in [4.78, 5) is 12.8. The molecule has 0 aliphatic carbocycles. The van der Waals surface area contributed by atoms with Gasteiger partial charge in [-0.3, -0.25) is 4.98 Å². The first-order chi connectivity index (χ1) is 15.0. The van der Waals surface area contributed by atoms with E-state index < -0.39 is 28.9 Å². The van der Waals surface area contributed by atoms with Gasteiger partial charge in [-0.05, 0) is 25.1 Å². The van der Waals surface area contributed by atoms with Crippen molar-refractivity contribution in [3.05, 3.63) is 72.3 Å². The molecule has 0 N–H and O–H groups in total. The van der Waals surface area contributed by atoms with Gasteiger partial charge in [-0.25, -0.2) is 14.4 Å². The fourth-order valence-electron chi connectivity index (χ4n) is 3.72. The van der Waals surface area contributed by atoms with Gasteiger partial charge in [0.05, 0.1) is 5.69 Å². The fraction of sp³-hybridized carbons (Fsp3) is 0.348. The maximum atomic E-state index is 14.5. The Balaban J connectivity index is 2.04. The summed E-state index contributed by atoms with van der Waals surface area (Å²) in [6.45, 7) is 8.28. The molecule has 2 aromatic heterocycles. The minimum Gasteiger partial charge on any atom is -0.406 e. The molecule has 0 amide bonds. The van der Waals surface area contributed by atoms with E-state index in [2.05, 4.69) is 19.7 Å². The van der Waals surface area contributed by atoms with Crippen molar-refractivity contribution in [3.8, 4) is 16.9 Å². The summed E-state index contributed by atoms with van der Waals surface area (Å²) in [5.74, 6) is -1.49. The highest BCUT2D eigenvalue weighted by Gasteiger charge is 2.48. The molecule has 170 valence electrons. The number of ether oxygens (including phenoxy) is 2. The van der Waals surface area contributed by atoms with Crippen LogP contribution < -0.4 is 4.74 Å². The molecule has 32 heavy (non-hydrogen) atoms. The van der Waals surface area contributed by atoms with E-state index in [1.165, 1.54) is 18.6 Å². The Hall–Kier alpha value is -3.07. The number of aromatic nitrogens is 3. The Bertz CT molecular complexity index is 1050. The van der Waals surface area contributed by atoms with Crippen molar-refractivity contribution in [2.24, 2.45) is 5.41 Å². The second-order valence-corrected chi connectivity index (χ2v) is 8.11. The standard InChI is InChI=1S/C23H23F4N3O2/c1-5-31-22(21(2,3)4,16-12-28-14-29-13-16)20-9-6-15(11-30-20)18-8-7-17(10-19(18)24)32-23(25,26)27/h6-14H,5H2,1-4H3.